The Morgan fingerprint density at radius 2 is 1.84 bits per heavy atom. The zero-order valence-electron chi connectivity index (χ0n) is 16.9. The summed E-state index contributed by atoms with van der Waals surface area (Å²) in [4.78, 5) is 18.6. The molecule has 0 atom stereocenters. The summed E-state index contributed by atoms with van der Waals surface area (Å²) in [6.45, 7) is 2.16. The van der Waals surface area contributed by atoms with Crippen LogP contribution in [0.3, 0.4) is 0 Å². The third-order valence-corrected chi connectivity index (χ3v) is 8.13. The van der Waals surface area contributed by atoms with Crippen LogP contribution in [0.1, 0.15) is 25.7 Å². The first-order valence-corrected chi connectivity index (χ1v) is 12.1. The van der Waals surface area contributed by atoms with Gasteiger partial charge in [-0.05, 0) is 56.0 Å². The number of piperidine rings is 1. The number of benzene rings is 1. The maximum absolute atomic E-state index is 14.1. The Kier molecular flexibility index (Phi) is 6.45. The highest BCUT2D eigenvalue weighted by molar-refractivity contribution is 7.89. The van der Waals surface area contributed by atoms with Crippen LogP contribution in [-0.4, -0.2) is 49.8 Å². The normalized spacial score (nSPS) is 18.3. The standard InChI is InChI=1S/C21H24ClFN4O3S/c22-20-19(4-3-7-24-20)31(29,30)27-10-5-15(6-11-27)21(28)25-17-12-16(23)13-18(14-17)26-8-1-2-9-26/h3-4,7,12-15H,1-2,5-6,8-11H2,(H,25,28). The third-order valence-electron chi connectivity index (χ3n) is 5.79. The molecule has 0 spiro atoms. The molecule has 1 aromatic carbocycles. The van der Waals surface area contributed by atoms with E-state index in [1.807, 2.05) is 0 Å². The van der Waals surface area contributed by atoms with E-state index < -0.39 is 15.8 Å². The highest BCUT2D eigenvalue weighted by atomic mass is 35.5. The molecule has 2 aromatic rings. The van der Waals surface area contributed by atoms with Crippen molar-refractivity contribution in [3.8, 4) is 0 Å². The Hall–Kier alpha value is -2.23. The zero-order chi connectivity index (χ0) is 22.0. The summed E-state index contributed by atoms with van der Waals surface area (Å²) in [5.41, 5.74) is 1.19. The molecule has 0 unspecified atom stereocenters. The second-order valence-electron chi connectivity index (χ2n) is 7.85. The molecular weight excluding hydrogens is 443 g/mol. The average Bonchev–Trinajstić information content (AvgIpc) is 3.29. The van der Waals surface area contributed by atoms with Crippen molar-refractivity contribution in [1.82, 2.24) is 9.29 Å². The van der Waals surface area contributed by atoms with Gasteiger partial charge in [0.05, 0.1) is 0 Å². The van der Waals surface area contributed by atoms with Crippen LogP contribution in [0.15, 0.2) is 41.4 Å². The van der Waals surface area contributed by atoms with E-state index in [9.17, 15) is 17.6 Å². The van der Waals surface area contributed by atoms with Crippen molar-refractivity contribution < 1.29 is 17.6 Å². The molecule has 1 N–H and O–H groups in total. The fourth-order valence-corrected chi connectivity index (χ4v) is 6.01. The lowest BCUT2D eigenvalue weighted by Gasteiger charge is -2.30. The molecule has 4 rings (SSSR count). The Morgan fingerprint density at radius 1 is 1.13 bits per heavy atom. The third kappa shape index (κ3) is 4.83. The molecule has 1 aromatic heterocycles. The van der Waals surface area contributed by atoms with Gasteiger partial charge in [0.25, 0.3) is 0 Å². The summed E-state index contributed by atoms with van der Waals surface area (Å²) in [5, 5.41) is 2.74. The summed E-state index contributed by atoms with van der Waals surface area (Å²) in [6, 6.07) is 7.52. The van der Waals surface area contributed by atoms with Gasteiger partial charge in [0.1, 0.15) is 15.9 Å². The van der Waals surface area contributed by atoms with Crippen molar-refractivity contribution in [3.05, 3.63) is 47.5 Å². The molecule has 1 amide bonds. The summed E-state index contributed by atoms with van der Waals surface area (Å²) in [7, 11) is -3.77. The lowest BCUT2D eigenvalue weighted by molar-refractivity contribution is -0.120. The Morgan fingerprint density at radius 3 is 2.52 bits per heavy atom. The Labute approximate surface area is 186 Å². The lowest BCUT2D eigenvalue weighted by Crippen LogP contribution is -2.41. The van der Waals surface area contributed by atoms with Gasteiger partial charge in [-0.2, -0.15) is 4.31 Å². The first-order valence-electron chi connectivity index (χ1n) is 10.3. The molecule has 0 saturated carbocycles. The van der Waals surface area contributed by atoms with Gasteiger partial charge >= 0.3 is 0 Å². The summed E-state index contributed by atoms with van der Waals surface area (Å²) < 4.78 is 41.1. The number of aromatic nitrogens is 1. The van der Waals surface area contributed by atoms with Gasteiger partial charge in [-0.1, -0.05) is 11.6 Å². The molecule has 0 aliphatic carbocycles. The summed E-state index contributed by atoms with van der Waals surface area (Å²) in [6.07, 6.45) is 4.32. The van der Waals surface area contributed by atoms with Gasteiger partial charge in [-0.3, -0.25) is 4.79 Å². The maximum Gasteiger partial charge on any atom is 0.246 e. The second-order valence-corrected chi connectivity index (χ2v) is 10.1. The van der Waals surface area contributed by atoms with E-state index in [0.717, 1.165) is 31.6 Å². The van der Waals surface area contributed by atoms with Crippen molar-refractivity contribution in [2.45, 2.75) is 30.6 Å². The number of amides is 1. The number of rotatable bonds is 5. The molecule has 3 heterocycles. The number of hydrogen-bond donors (Lipinski definition) is 1. The van der Waals surface area contributed by atoms with Crippen LogP contribution in [0.5, 0.6) is 0 Å². The smallest absolute Gasteiger partial charge is 0.246 e. The van der Waals surface area contributed by atoms with Crippen molar-refractivity contribution in [2.24, 2.45) is 5.92 Å². The van der Waals surface area contributed by atoms with Crippen LogP contribution in [0, 0.1) is 11.7 Å². The maximum atomic E-state index is 14.1. The number of carbonyl (C=O) groups is 1. The molecule has 10 heteroatoms. The SMILES string of the molecule is O=C(Nc1cc(F)cc(N2CCCC2)c1)C1CCN(S(=O)(=O)c2cccnc2Cl)CC1. The van der Waals surface area contributed by atoms with Crippen LogP contribution in [0.2, 0.25) is 5.15 Å². The van der Waals surface area contributed by atoms with Gasteiger partial charge in [0.15, 0.2) is 0 Å². The van der Waals surface area contributed by atoms with Crippen LogP contribution in [0.4, 0.5) is 15.8 Å². The second kappa shape index (κ2) is 9.10. The largest absolute Gasteiger partial charge is 0.371 e. The average molecular weight is 467 g/mol. The number of hydrogen-bond acceptors (Lipinski definition) is 5. The fourth-order valence-electron chi connectivity index (χ4n) is 4.11. The highest BCUT2D eigenvalue weighted by Crippen LogP contribution is 2.29. The van der Waals surface area contributed by atoms with Gasteiger partial charge in [-0.15, -0.1) is 0 Å². The number of pyridine rings is 1. The molecule has 2 fully saturated rings. The van der Waals surface area contributed by atoms with E-state index in [0.29, 0.717) is 18.5 Å². The fraction of sp³-hybridized carbons (Fsp3) is 0.429. The molecule has 7 nitrogen and oxygen atoms in total. The van der Waals surface area contributed by atoms with Crippen molar-refractivity contribution in [1.29, 1.82) is 0 Å². The van der Waals surface area contributed by atoms with Crippen molar-refractivity contribution in [2.75, 3.05) is 36.4 Å². The van der Waals surface area contributed by atoms with Crippen LogP contribution in [-0.2, 0) is 14.8 Å². The number of nitrogens with zero attached hydrogens (tertiary/aromatic N) is 3. The summed E-state index contributed by atoms with van der Waals surface area (Å²) in [5.74, 6) is -0.974. The number of carbonyl (C=O) groups excluding carboxylic acids is 1. The minimum absolute atomic E-state index is 0.0335. The van der Waals surface area contributed by atoms with Gasteiger partial charge < -0.3 is 10.2 Å². The van der Waals surface area contributed by atoms with Crippen molar-refractivity contribution >= 4 is 38.9 Å². The predicted molar refractivity (Wildman–Crippen MR) is 117 cm³/mol. The predicted octanol–water partition coefficient (Wildman–Crippen LogP) is 3.51. The minimum atomic E-state index is -3.77. The quantitative estimate of drug-likeness (QED) is 0.682. The van der Waals surface area contributed by atoms with E-state index in [1.54, 1.807) is 6.07 Å². The van der Waals surface area contributed by atoms with Crippen LogP contribution < -0.4 is 10.2 Å². The van der Waals surface area contributed by atoms with Crippen LogP contribution in [0.25, 0.3) is 0 Å². The van der Waals surface area contributed by atoms with Crippen molar-refractivity contribution in [3.63, 3.8) is 0 Å². The first-order chi connectivity index (χ1) is 14.8. The number of sulfonamides is 1. The molecule has 166 valence electrons. The first kappa shape index (κ1) is 22.0. The Bertz CT molecular complexity index is 1070. The topological polar surface area (TPSA) is 82.6 Å². The van der Waals surface area contributed by atoms with Gasteiger partial charge in [-0.25, -0.2) is 17.8 Å². The molecule has 2 saturated heterocycles. The number of nitrogens with one attached hydrogen (secondary N) is 1. The van der Waals surface area contributed by atoms with Crippen LogP contribution >= 0.6 is 11.6 Å². The zero-order valence-corrected chi connectivity index (χ0v) is 18.5. The molecule has 2 aliphatic rings. The molecule has 0 bridgehead atoms. The Balaban J connectivity index is 1.39. The molecule has 2 aliphatic heterocycles. The summed E-state index contributed by atoms with van der Waals surface area (Å²) >= 11 is 5.95. The van der Waals surface area contributed by atoms with Gasteiger partial charge in [0.2, 0.25) is 15.9 Å². The molecule has 0 radical (unpaired) electrons. The number of anilines is 2. The molecule has 31 heavy (non-hydrogen) atoms. The van der Waals surface area contributed by atoms with E-state index in [1.165, 1.54) is 34.8 Å². The van der Waals surface area contributed by atoms with E-state index in [-0.39, 0.29) is 35.0 Å². The minimum Gasteiger partial charge on any atom is -0.371 e. The monoisotopic (exact) mass is 466 g/mol. The van der Waals surface area contributed by atoms with Gasteiger partial charge in [0, 0.05) is 49.7 Å². The van der Waals surface area contributed by atoms with E-state index in [2.05, 4.69) is 15.2 Å². The molecular formula is C21H24ClFN4O3S. The van der Waals surface area contributed by atoms with E-state index >= 15 is 0 Å². The van der Waals surface area contributed by atoms with E-state index in [4.69, 9.17) is 11.6 Å². The number of halogens is 2. The lowest BCUT2D eigenvalue weighted by atomic mass is 9.97. The highest BCUT2D eigenvalue weighted by Gasteiger charge is 2.33.